The van der Waals surface area contributed by atoms with Gasteiger partial charge in [-0.25, -0.2) is 8.78 Å². The van der Waals surface area contributed by atoms with Crippen molar-refractivity contribution in [1.29, 1.82) is 0 Å². The molecule has 1 atom stereocenters. The summed E-state index contributed by atoms with van der Waals surface area (Å²) in [5, 5.41) is 4.21. The maximum Gasteiger partial charge on any atom is 0.308 e. The number of ether oxygens (including phenoxy) is 1. The van der Waals surface area contributed by atoms with Gasteiger partial charge in [0.2, 0.25) is 11.2 Å². The van der Waals surface area contributed by atoms with Crippen LogP contribution in [0.5, 0.6) is 5.75 Å². The Kier molecular flexibility index (Phi) is 6.54. The van der Waals surface area contributed by atoms with Gasteiger partial charge >= 0.3 is 5.97 Å². The van der Waals surface area contributed by atoms with Crippen LogP contribution in [0.15, 0.2) is 59.5 Å². The maximum atomic E-state index is 14.2. The molecule has 9 heteroatoms. The number of esters is 1. The second kappa shape index (κ2) is 9.54. The third-order valence-corrected chi connectivity index (χ3v) is 5.72. The van der Waals surface area contributed by atoms with Gasteiger partial charge in [0, 0.05) is 25.9 Å². The summed E-state index contributed by atoms with van der Waals surface area (Å²) >= 11 is 0. The lowest BCUT2D eigenvalue weighted by Crippen LogP contribution is -2.47. The van der Waals surface area contributed by atoms with Crippen LogP contribution in [0.1, 0.15) is 53.8 Å². The summed E-state index contributed by atoms with van der Waals surface area (Å²) in [5.41, 5.74) is 0.217. The Hall–Kier alpha value is -3.88. The first kappa shape index (κ1) is 23.3. The molecule has 0 aliphatic carbocycles. The highest BCUT2D eigenvalue weighted by Crippen LogP contribution is 2.40. The number of aromatic nitrogens is 2. The van der Waals surface area contributed by atoms with E-state index in [2.05, 4.69) is 5.10 Å². The monoisotopic (exact) mass is 467 g/mol. The van der Waals surface area contributed by atoms with Crippen LogP contribution in [-0.2, 0) is 4.79 Å². The SMILES string of the molecule is CCCN1C[C@H](C(c2cccc(F)c2)c2cccc(F)c2)n2ncc(=O)c(OC(C)=O)c2C1=O. The first-order chi connectivity index (χ1) is 16.3. The van der Waals surface area contributed by atoms with Gasteiger partial charge in [0.1, 0.15) is 11.6 Å². The van der Waals surface area contributed by atoms with Gasteiger partial charge in [-0.05, 0) is 41.8 Å². The third-order valence-electron chi connectivity index (χ3n) is 5.72. The summed E-state index contributed by atoms with van der Waals surface area (Å²) in [6.45, 7) is 3.58. The van der Waals surface area contributed by atoms with E-state index in [0.717, 1.165) is 13.1 Å². The van der Waals surface area contributed by atoms with Crippen molar-refractivity contribution in [3.63, 3.8) is 0 Å². The molecule has 176 valence electrons. The molecule has 0 saturated carbocycles. The van der Waals surface area contributed by atoms with Crippen LogP contribution >= 0.6 is 0 Å². The van der Waals surface area contributed by atoms with E-state index in [-0.39, 0.29) is 12.2 Å². The fourth-order valence-electron chi connectivity index (χ4n) is 4.42. The van der Waals surface area contributed by atoms with E-state index in [1.54, 1.807) is 29.2 Å². The average molecular weight is 467 g/mol. The van der Waals surface area contributed by atoms with Crippen LogP contribution < -0.4 is 10.2 Å². The highest BCUT2D eigenvalue weighted by atomic mass is 19.1. The normalized spacial score (nSPS) is 15.4. The molecule has 1 aliphatic rings. The van der Waals surface area contributed by atoms with Gasteiger partial charge in [-0.15, -0.1) is 0 Å². The zero-order valence-electron chi connectivity index (χ0n) is 18.7. The minimum absolute atomic E-state index is 0.162. The molecule has 0 radical (unpaired) electrons. The highest BCUT2D eigenvalue weighted by Gasteiger charge is 2.40. The van der Waals surface area contributed by atoms with Gasteiger partial charge in [-0.3, -0.25) is 19.1 Å². The molecule has 34 heavy (non-hydrogen) atoms. The van der Waals surface area contributed by atoms with E-state index in [1.807, 2.05) is 6.92 Å². The van der Waals surface area contributed by atoms with Crippen LogP contribution in [0.4, 0.5) is 8.78 Å². The highest BCUT2D eigenvalue weighted by molar-refractivity contribution is 5.96. The van der Waals surface area contributed by atoms with Crippen LogP contribution in [0.2, 0.25) is 0 Å². The van der Waals surface area contributed by atoms with Crippen molar-refractivity contribution in [2.75, 3.05) is 13.1 Å². The topological polar surface area (TPSA) is 81.5 Å². The number of benzene rings is 2. The predicted molar refractivity (Wildman–Crippen MR) is 120 cm³/mol. The Labute approximate surface area is 194 Å². The van der Waals surface area contributed by atoms with E-state index in [0.29, 0.717) is 24.1 Å². The summed E-state index contributed by atoms with van der Waals surface area (Å²) in [5.74, 6) is -3.23. The number of hydrogen-bond donors (Lipinski definition) is 0. The number of carbonyl (C=O) groups excluding carboxylic acids is 2. The fraction of sp³-hybridized carbons (Fsp3) is 0.280. The maximum absolute atomic E-state index is 14.2. The largest absolute Gasteiger partial charge is 0.420 e. The quantitative estimate of drug-likeness (QED) is 0.517. The third kappa shape index (κ3) is 4.46. The van der Waals surface area contributed by atoms with Gasteiger partial charge in [-0.2, -0.15) is 5.10 Å². The number of carbonyl (C=O) groups is 2. The van der Waals surface area contributed by atoms with Crippen molar-refractivity contribution in [3.05, 3.63) is 93.4 Å². The minimum atomic E-state index is -0.755. The molecule has 1 amide bonds. The minimum Gasteiger partial charge on any atom is -0.420 e. The first-order valence-corrected chi connectivity index (χ1v) is 10.9. The number of halogens is 2. The summed E-state index contributed by atoms with van der Waals surface area (Å²) < 4.78 is 35.0. The van der Waals surface area contributed by atoms with Gasteiger partial charge in [0.05, 0.1) is 12.2 Å². The summed E-state index contributed by atoms with van der Waals surface area (Å²) in [7, 11) is 0. The van der Waals surface area contributed by atoms with Crippen molar-refractivity contribution < 1.29 is 23.1 Å². The van der Waals surface area contributed by atoms with Crippen LogP contribution in [-0.4, -0.2) is 39.6 Å². The molecule has 0 saturated heterocycles. The molecule has 7 nitrogen and oxygen atoms in total. The Bertz CT molecular complexity index is 1260. The molecule has 3 aromatic rings. The number of nitrogens with zero attached hydrogens (tertiary/aromatic N) is 3. The molecular weight excluding hydrogens is 444 g/mol. The molecule has 4 rings (SSSR count). The predicted octanol–water partition coefficient (Wildman–Crippen LogP) is 3.69. The van der Waals surface area contributed by atoms with E-state index >= 15 is 0 Å². The van der Waals surface area contributed by atoms with Crippen molar-refractivity contribution in [2.24, 2.45) is 0 Å². The number of hydrogen-bond acceptors (Lipinski definition) is 5. The van der Waals surface area contributed by atoms with Crippen molar-refractivity contribution in [3.8, 4) is 5.75 Å². The van der Waals surface area contributed by atoms with E-state index in [1.165, 1.54) is 28.9 Å². The molecule has 0 spiro atoms. The molecule has 1 aliphatic heterocycles. The Morgan fingerprint density at radius 1 is 1.12 bits per heavy atom. The van der Waals surface area contributed by atoms with Gasteiger partial charge in [-0.1, -0.05) is 31.2 Å². The Morgan fingerprint density at radius 3 is 2.26 bits per heavy atom. The summed E-state index contributed by atoms with van der Waals surface area (Å²) in [6, 6.07) is 11.2. The van der Waals surface area contributed by atoms with Crippen molar-refractivity contribution in [2.45, 2.75) is 32.2 Å². The number of rotatable bonds is 6. The number of fused-ring (bicyclic) bond motifs is 1. The van der Waals surface area contributed by atoms with Crippen LogP contribution in [0.25, 0.3) is 0 Å². The lowest BCUT2D eigenvalue weighted by atomic mass is 9.83. The molecule has 0 fully saturated rings. The van der Waals surface area contributed by atoms with Gasteiger partial charge < -0.3 is 9.64 Å². The summed E-state index contributed by atoms with van der Waals surface area (Å²) in [6.07, 6.45) is 1.61. The molecular formula is C25H23F2N3O4. The Balaban J connectivity index is 1.98. The molecule has 0 unspecified atom stereocenters. The average Bonchev–Trinajstić information content (AvgIpc) is 2.78. The van der Waals surface area contributed by atoms with E-state index in [4.69, 9.17) is 4.74 Å². The fourth-order valence-corrected chi connectivity index (χ4v) is 4.42. The molecule has 1 aromatic heterocycles. The van der Waals surface area contributed by atoms with E-state index < -0.39 is 46.6 Å². The zero-order valence-corrected chi connectivity index (χ0v) is 18.7. The zero-order chi connectivity index (χ0) is 24.4. The Morgan fingerprint density at radius 2 is 1.74 bits per heavy atom. The second-order valence-corrected chi connectivity index (χ2v) is 8.13. The lowest BCUT2D eigenvalue weighted by molar-refractivity contribution is -0.132. The van der Waals surface area contributed by atoms with Gasteiger partial charge in [0.25, 0.3) is 5.91 Å². The van der Waals surface area contributed by atoms with Crippen molar-refractivity contribution >= 4 is 11.9 Å². The second-order valence-electron chi connectivity index (χ2n) is 8.13. The van der Waals surface area contributed by atoms with Gasteiger partial charge in [0.15, 0.2) is 5.69 Å². The number of amides is 1. The molecule has 2 aromatic carbocycles. The molecule has 0 N–H and O–H groups in total. The smallest absolute Gasteiger partial charge is 0.308 e. The first-order valence-electron chi connectivity index (χ1n) is 10.9. The molecule has 2 heterocycles. The summed E-state index contributed by atoms with van der Waals surface area (Å²) in [4.78, 5) is 39.1. The van der Waals surface area contributed by atoms with Crippen LogP contribution in [0, 0.1) is 11.6 Å². The lowest BCUT2D eigenvalue weighted by Gasteiger charge is -2.39. The van der Waals surface area contributed by atoms with Crippen LogP contribution in [0.3, 0.4) is 0 Å². The van der Waals surface area contributed by atoms with Crippen molar-refractivity contribution in [1.82, 2.24) is 14.7 Å². The van der Waals surface area contributed by atoms with E-state index in [9.17, 15) is 23.2 Å². The standard InChI is InChI=1S/C25H23F2N3O4/c1-3-10-29-14-20(30-23(25(29)33)24(34-15(2)31)21(32)13-28-30)22(16-6-4-8-18(26)11-16)17-7-5-9-19(27)12-17/h4-9,11-13,20,22H,3,10,14H2,1-2H3/t20-/m1/s1. The molecule has 0 bridgehead atoms.